The minimum Gasteiger partial charge on any atom is -0.345 e. The number of likely N-dealkylation sites (N-methyl/N-ethyl adjacent to an activating group) is 1. The predicted octanol–water partition coefficient (Wildman–Crippen LogP) is 4.73. The van der Waals surface area contributed by atoms with Crippen LogP contribution >= 0.6 is 35.1 Å². The second kappa shape index (κ2) is 8.97. The van der Waals surface area contributed by atoms with Gasteiger partial charge >= 0.3 is 0 Å². The highest BCUT2D eigenvalue weighted by molar-refractivity contribution is 8.27. The van der Waals surface area contributed by atoms with E-state index in [-0.39, 0.29) is 11.7 Å². The Bertz CT molecular complexity index is 737. The monoisotopic (exact) mass is 377 g/mol. The van der Waals surface area contributed by atoms with Crippen LogP contribution in [0, 0.1) is 0 Å². The van der Waals surface area contributed by atoms with Gasteiger partial charge in [0.1, 0.15) is 0 Å². The third-order valence-electron chi connectivity index (χ3n) is 3.02. The first-order valence-corrected chi connectivity index (χ1v) is 9.21. The van der Waals surface area contributed by atoms with Crippen LogP contribution in [0.2, 0.25) is 5.02 Å². The summed E-state index contributed by atoms with van der Waals surface area (Å²) in [5.41, 5.74) is 1.39. The summed E-state index contributed by atoms with van der Waals surface area (Å²) in [7, 11) is 3.34. The Labute approximate surface area is 155 Å². The second-order valence-electron chi connectivity index (χ2n) is 5.02. The van der Waals surface area contributed by atoms with Crippen LogP contribution in [0.5, 0.6) is 0 Å². The summed E-state index contributed by atoms with van der Waals surface area (Å²) in [6.45, 7) is 0. The summed E-state index contributed by atoms with van der Waals surface area (Å²) >= 11 is 8.80. The number of rotatable bonds is 5. The van der Waals surface area contributed by atoms with Gasteiger partial charge in [0, 0.05) is 30.8 Å². The van der Waals surface area contributed by atoms with Crippen molar-refractivity contribution in [1.29, 1.82) is 0 Å². The Hall–Kier alpha value is -1.69. The molecule has 1 aromatic rings. The molecule has 0 spiro atoms. The zero-order chi connectivity index (χ0) is 17.5. The summed E-state index contributed by atoms with van der Waals surface area (Å²) in [4.78, 5) is 25.8. The molecule has 0 bridgehead atoms. The normalized spacial score (nSPS) is 13.9. The van der Waals surface area contributed by atoms with E-state index < -0.39 is 0 Å². The molecular formula is C18H16ClNO2S2. The highest BCUT2D eigenvalue weighted by Gasteiger charge is 2.14. The third-order valence-corrected chi connectivity index (χ3v) is 5.44. The molecule has 24 heavy (non-hydrogen) atoms. The minimum absolute atomic E-state index is 0.147. The molecule has 1 amide bonds. The molecule has 6 heteroatoms. The molecule has 1 aliphatic heterocycles. The zero-order valence-corrected chi connectivity index (χ0v) is 15.6. The number of nitrogens with zero attached hydrogens (tertiary/aromatic N) is 1. The van der Waals surface area contributed by atoms with E-state index in [4.69, 9.17) is 11.6 Å². The van der Waals surface area contributed by atoms with Crippen molar-refractivity contribution in [3.05, 3.63) is 73.7 Å². The largest absolute Gasteiger partial charge is 0.345 e. The molecule has 1 heterocycles. The van der Waals surface area contributed by atoms with Crippen LogP contribution in [0.1, 0.15) is 5.56 Å². The summed E-state index contributed by atoms with van der Waals surface area (Å²) in [6.07, 6.45) is 6.24. The van der Waals surface area contributed by atoms with Gasteiger partial charge in [0.2, 0.25) is 5.91 Å². The number of hydrogen-bond acceptors (Lipinski definition) is 4. The van der Waals surface area contributed by atoms with Gasteiger partial charge < -0.3 is 4.90 Å². The Morgan fingerprint density at radius 2 is 1.62 bits per heavy atom. The Morgan fingerprint density at radius 3 is 2.21 bits per heavy atom. The molecule has 0 N–H and O–H groups in total. The maximum atomic E-state index is 12.6. The molecule has 0 saturated carbocycles. The number of thioether (sulfide) groups is 2. The summed E-state index contributed by atoms with van der Waals surface area (Å²) in [5.74, 6) is -0.310. The lowest BCUT2D eigenvalue weighted by atomic mass is 10.1. The predicted molar refractivity (Wildman–Crippen MR) is 105 cm³/mol. The molecule has 0 aromatic heterocycles. The van der Waals surface area contributed by atoms with Crippen molar-refractivity contribution >= 4 is 52.9 Å². The van der Waals surface area contributed by atoms with Gasteiger partial charge in [0.15, 0.2) is 5.78 Å². The maximum Gasteiger partial charge on any atom is 0.246 e. The number of benzene rings is 1. The van der Waals surface area contributed by atoms with Gasteiger partial charge in [-0.05, 0) is 40.7 Å². The van der Waals surface area contributed by atoms with E-state index in [1.807, 2.05) is 22.9 Å². The molecule has 3 nitrogen and oxygen atoms in total. The van der Waals surface area contributed by atoms with Gasteiger partial charge in [0.05, 0.1) is 4.24 Å². The van der Waals surface area contributed by atoms with E-state index in [2.05, 4.69) is 0 Å². The highest BCUT2D eigenvalue weighted by Crippen LogP contribution is 2.40. The lowest BCUT2D eigenvalue weighted by molar-refractivity contribution is -0.123. The van der Waals surface area contributed by atoms with Gasteiger partial charge in [-0.15, -0.1) is 0 Å². The molecule has 0 unspecified atom stereocenters. The van der Waals surface area contributed by atoms with E-state index >= 15 is 0 Å². The van der Waals surface area contributed by atoms with Crippen molar-refractivity contribution in [3.8, 4) is 0 Å². The van der Waals surface area contributed by atoms with Crippen molar-refractivity contribution < 1.29 is 9.59 Å². The van der Waals surface area contributed by atoms with E-state index in [1.54, 1.807) is 38.4 Å². The number of allylic oxidation sites excluding steroid dienone is 3. The molecule has 124 valence electrons. The molecule has 0 saturated heterocycles. The summed E-state index contributed by atoms with van der Waals surface area (Å²) in [5, 5.41) is 4.48. The van der Waals surface area contributed by atoms with E-state index in [0.717, 1.165) is 9.80 Å². The van der Waals surface area contributed by atoms with E-state index in [1.165, 1.54) is 40.6 Å². The zero-order valence-electron chi connectivity index (χ0n) is 13.2. The van der Waals surface area contributed by atoms with Gasteiger partial charge in [-0.25, -0.2) is 0 Å². The van der Waals surface area contributed by atoms with Crippen molar-refractivity contribution in [2.45, 2.75) is 0 Å². The molecule has 0 radical (unpaired) electrons. The lowest BCUT2D eigenvalue weighted by Crippen LogP contribution is -2.19. The van der Waals surface area contributed by atoms with Crippen molar-refractivity contribution in [3.63, 3.8) is 0 Å². The molecule has 0 fully saturated rings. The first kappa shape index (κ1) is 18.6. The highest BCUT2D eigenvalue weighted by atomic mass is 35.5. The number of ketones is 1. The van der Waals surface area contributed by atoms with Crippen LogP contribution in [0.15, 0.2) is 63.1 Å². The number of carbonyl (C=O) groups excluding carboxylic acids is 2. The molecule has 0 aliphatic carbocycles. The van der Waals surface area contributed by atoms with Gasteiger partial charge in [-0.2, -0.15) is 0 Å². The molecular weight excluding hydrogens is 362 g/mol. The fourth-order valence-corrected chi connectivity index (χ4v) is 3.69. The average molecular weight is 378 g/mol. The molecule has 2 rings (SSSR count). The molecule has 1 aromatic carbocycles. The average Bonchev–Trinajstić information content (AvgIpc) is 3.08. The summed E-state index contributed by atoms with van der Waals surface area (Å²) < 4.78 is 0.864. The third kappa shape index (κ3) is 5.44. The van der Waals surface area contributed by atoms with Crippen molar-refractivity contribution in [1.82, 2.24) is 4.90 Å². The first-order valence-electron chi connectivity index (χ1n) is 7.07. The second-order valence-corrected chi connectivity index (χ2v) is 7.55. The SMILES string of the molecule is CN(C)C(=O)/C=C/C(C(=O)/C=C/c1ccc(Cl)cc1)=C1SC=CS1. The summed E-state index contributed by atoms with van der Waals surface area (Å²) in [6, 6.07) is 7.22. The van der Waals surface area contributed by atoms with Crippen LogP contribution in [0.25, 0.3) is 6.08 Å². The Balaban J connectivity index is 2.20. The maximum absolute atomic E-state index is 12.6. The van der Waals surface area contributed by atoms with Crippen LogP contribution in [0.3, 0.4) is 0 Å². The van der Waals surface area contributed by atoms with Crippen molar-refractivity contribution in [2.75, 3.05) is 14.1 Å². The fourth-order valence-electron chi connectivity index (χ4n) is 1.72. The number of carbonyl (C=O) groups is 2. The van der Waals surface area contributed by atoms with Crippen molar-refractivity contribution in [2.24, 2.45) is 0 Å². The standard InChI is InChI=1S/C18H16ClNO2S2/c1-20(2)17(22)10-8-15(18-23-11-12-24-18)16(21)9-5-13-3-6-14(19)7-4-13/h3-12H,1-2H3/b9-5+,10-8+. The minimum atomic E-state index is -0.163. The smallest absolute Gasteiger partial charge is 0.246 e. The van der Waals surface area contributed by atoms with E-state index in [0.29, 0.717) is 10.6 Å². The van der Waals surface area contributed by atoms with E-state index in [9.17, 15) is 9.59 Å². The lowest BCUT2D eigenvalue weighted by Gasteiger charge is -2.06. The Kier molecular flexibility index (Phi) is 6.97. The van der Waals surface area contributed by atoms with Crippen LogP contribution in [0.4, 0.5) is 0 Å². The van der Waals surface area contributed by atoms with Crippen LogP contribution in [-0.2, 0) is 9.59 Å². The Morgan fingerprint density at radius 1 is 1.00 bits per heavy atom. The van der Waals surface area contributed by atoms with Gasteiger partial charge in [-0.1, -0.05) is 53.3 Å². The molecule has 1 aliphatic rings. The molecule has 0 atom stereocenters. The first-order chi connectivity index (χ1) is 11.5. The fraction of sp³-hybridized carbons (Fsp3) is 0.111. The number of hydrogen-bond donors (Lipinski definition) is 0. The quantitative estimate of drug-likeness (QED) is 0.695. The topological polar surface area (TPSA) is 37.4 Å². The van der Waals surface area contributed by atoms with Crippen LogP contribution < -0.4 is 0 Å². The van der Waals surface area contributed by atoms with Crippen LogP contribution in [-0.4, -0.2) is 30.7 Å². The number of amides is 1. The van der Waals surface area contributed by atoms with Gasteiger partial charge in [0.25, 0.3) is 0 Å². The number of halogens is 1. The van der Waals surface area contributed by atoms with Gasteiger partial charge in [-0.3, -0.25) is 9.59 Å².